The first kappa shape index (κ1) is 8.04. The maximum absolute atomic E-state index is 10.9. The van der Waals surface area contributed by atoms with Gasteiger partial charge in [-0.3, -0.25) is 9.79 Å². The maximum atomic E-state index is 10.9. The molecule has 0 aromatic carbocycles. The zero-order valence-electron chi connectivity index (χ0n) is 6.54. The fourth-order valence-corrected chi connectivity index (χ4v) is 1.08. The van der Waals surface area contributed by atoms with Crippen LogP contribution in [0.4, 0.5) is 0 Å². The molecular formula is C7H12N2O2. The number of aliphatic imine (C=N–C) groups is 1. The van der Waals surface area contributed by atoms with Crippen molar-refractivity contribution < 1.29 is 9.53 Å². The van der Waals surface area contributed by atoms with E-state index in [2.05, 4.69) is 9.73 Å². The summed E-state index contributed by atoms with van der Waals surface area (Å²) in [5, 5.41) is 0. The molecule has 1 atom stereocenters. The van der Waals surface area contributed by atoms with Crippen LogP contribution in [0.1, 0.15) is 12.8 Å². The van der Waals surface area contributed by atoms with Gasteiger partial charge in [0.15, 0.2) is 0 Å². The number of carbonyl (C=O) groups is 1. The number of esters is 1. The van der Waals surface area contributed by atoms with E-state index in [1.165, 1.54) is 7.11 Å². The Balaban J connectivity index is 2.47. The summed E-state index contributed by atoms with van der Waals surface area (Å²) in [5.41, 5.74) is 5.44. The van der Waals surface area contributed by atoms with Crippen LogP contribution in [0.3, 0.4) is 0 Å². The van der Waals surface area contributed by atoms with Gasteiger partial charge in [0.25, 0.3) is 0 Å². The summed E-state index contributed by atoms with van der Waals surface area (Å²) in [6.07, 6.45) is 1.47. The maximum Gasteiger partial charge on any atom is 0.310 e. The Hall–Kier alpha value is -1.06. The van der Waals surface area contributed by atoms with E-state index in [4.69, 9.17) is 5.73 Å². The predicted molar refractivity (Wildman–Crippen MR) is 41.2 cm³/mol. The Labute approximate surface area is 65.4 Å². The highest BCUT2D eigenvalue weighted by atomic mass is 16.5. The minimum absolute atomic E-state index is 0.0766. The molecule has 4 heteroatoms. The molecule has 0 saturated carbocycles. The molecule has 1 heterocycles. The molecular weight excluding hydrogens is 144 g/mol. The summed E-state index contributed by atoms with van der Waals surface area (Å²) in [4.78, 5) is 14.9. The van der Waals surface area contributed by atoms with Crippen LogP contribution >= 0.6 is 0 Å². The highest BCUT2D eigenvalue weighted by Crippen LogP contribution is 2.13. The lowest BCUT2D eigenvalue weighted by atomic mass is 10.0. The number of nitrogens with two attached hydrogens (primary N) is 1. The molecule has 4 nitrogen and oxygen atoms in total. The first-order chi connectivity index (χ1) is 5.24. The molecule has 11 heavy (non-hydrogen) atoms. The van der Waals surface area contributed by atoms with E-state index in [9.17, 15) is 4.79 Å². The van der Waals surface area contributed by atoms with Crippen LogP contribution < -0.4 is 5.73 Å². The zero-order chi connectivity index (χ0) is 8.27. The molecule has 62 valence electrons. The average molecular weight is 156 g/mol. The number of methoxy groups -OCH3 is 1. The summed E-state index contributed by atoms with van der Waals surface area (Å²) in [7, 11) is 1.39. The number of ether oxygens (including phenoxy) is 1. The number of hydrogen-bond acceptors (Lipinski definition) is 4. The smallest absolute Gasteiger partial charge is 0.310 e. The van der Waals surface area contributed by atoms with Crippen molar-refractivity contribution in [3.05, 3.63) is 0 Å². The summed E-state index contributed by atoms with van der Waals surface area (Å²) in [6, 6.07) is 0. The SMILES string of the molecule is COC(=O)C1CCC(N)=NC1. The Morgan fingerprint density at radius 3 is 3.00 bits per heavy atom. The lowest BCUT2D eigenvalue weighted by molar-refractivity contribution is -0.145. The topological polar surface area (TPSA) is 64.7 Å². The zero-order valence-corrected chi connectivity index (χ0v) is 6.54. The Kier molecular flexibility index (Phi) is 2.46. The Morgan fingerprint density at radius 1 is 1.82 bits per heavy atom. The van der Waals surface area contributed by atoms with Gasteiger partial charge in [0.1, 0.15) is 0 Å². The Bertz CT molecular complexity index is 189. The van der Waals surface area contributed by atoms with E-state index in [1.54, 1.807) is 0 Å². The second kappa shape index (κ2) is 3.37. The predicted octanol–water partition coefficient (Wildman–Crippen LogP) is -0.0734. The molecule has 0 spiro atoms. The van der Waals surface area contributed by atoms with Gasteiger partial charge < -0.3 is 10.5 Å². The highest BCUT2D eigenvalue weighted by Gasteiger charge is 2.21. The largest absolute Gasteiger partial charge is 0.469 e. The van der Waals surface area contributed by atoms with Gasteiger partial charge in [-0.15, -0.1) is 0 Å². The van der Waals surface area contributed by atoms with Crippen molar-refractivity contribution in [1.82, 2.24) is 0 Å². The molecule has 2 N–H and O–H groups in total. The van der Waals surface area contributed by atoms with E-state index in [1.807, 2.05) is 0 Å². The molecule has 0 amide bonds. The number of amidine groups is 1. The standard InChI is InChI=1S/C7H12N2O2/c1-11-7(10)5-2-3-6(8)9-4-5/h5H,2-4H2,1H3,(H2,8,9). The van der Waals surface area contributed by atoms with Crippen LogP contribution in [0.2, 0.25) is 0 Å². The normalized spacial score (nSPS) is 24.1. The van der Waals surface area contributed by atoms with E-state index in [0.29, 0.717) is 18.8 Å². The Morgan fingerprint density at radius 2 is 2.55 bits per heavy atom. The molecule has 0 radical (unpaired) electrons. The number of nitrogens with zero attached hydrogens (tertiary/aromatic N) is 1. The van der Waals surface area contributed by atoms with Crippen LogP contribution in [0.15, 0.2) is 4.99 Å². The first-order valence-electron chi connectivity index (χ1n) is 3.60. The highest BCUT2D eigenvalue weighted by molar-refractivity contribution is 5.83. The molecule has 1 aliphatic heterocycles. The fraction of sp³-hybridized carbons (Fsp3) is 0.714. The van der Waals surface area contributed by atoms with Crippen molar-refractivity contribution in [2.24, 2.45) is 16.6 Å². The fourth-order valence-electron chi connectivity index (χ4n) is 1.08. The molecule has 1 rings (SSSR count). The minimum Gasteiger partial charge on any atom is -0.469 e. The van der Waals surface area contributed by atoms with Gasteiger partial charge in [0, 0.05) is 6.42 Å². The molecule has 0 saturated heterocycles. The van der Waals surface area contributed by atoms with Crippen LogP contribution in [-0.4, -0.2) is 25.5 Å². The molecule has 0 aromatic heterocycles. The van der Waals surface area contributed by atoms with Gasteiger partial charge in [0.05, 0.1) is 25.4 Å². The molecule has 1 unspecified atom stereocenters. The first-order valence-corrected chi connectivity index (χ1v) is 3.60. The minimum atomic E-state index is -0.179. The van der Waals surface area contributed by atoms with Gasteiger partial charge in [-0.2, -0.15) is 0 Å². The second-order valence-corrected chi connectivity index (χ2v) is 2.59. The van der Waals surface area contributed by atoms with Crippen LogP contribution in [-0.2, 0) is 9.53 Å². The van der Waals surface area contributed by atoms with Crippen LogP contribution in [0.25, 0.3) is 0 Å². The number of rotatable bonds is 1. The van der Waals surface area contributed by atoms with Crippen LogP contribution in [0.5, 0.6) is 0 Å². The summed E-state index contributed by atoms with van der Waals surface area (Å²) < 4.78 is 4.58. The number of hydrogen-bond donors (Lipinski definition) is 1. The van der Waals surface area contributed by atoms with E-state index in [-0.39, 0.29) is 11.9 Å². The molecule has 0 aromatic rings. The third-order valence-corrected chi connectivity index (χ3v) is 1.80. The summed E-state index contributed by atoms with van der Waals surface area (Å²) in [6.45, 7) is 0.485. The van der Waals surface area contributed by atoms with Crippen molar-refractivity contribution >= 4 is 11.8 Å². The van der Waals surface area contributed by atoms with Gasteiger partial charge >= 0.3 is 5.97 Å². The van der Waals surface area contributed by atoms with E-state index in [0.717, 1.165) is 6.42 Å². The van der Waals surface area contributed by atoms with Crippen molar-refractivity contribution in [2.75, 3.05) is 13.7 Å². The van der Waals surface area contributed by atoms with Crippen molar-refractivity contribution in [3.8, 4) is 0 Å². The van der Waals surface area contributed by atoms with Gasteiger partial charge in [-0.25, -0.2) is 0 Å². The van der Waals surface area contributed by atoms with E-state index >= 15 is 0 Å². The van der Waals surface area contributed by atoms with Gasteiger partial charge in [-0.05, 0) is 6.42 Å². The lowest BCUT2D eigenvalue weighted by Gasteiger charge is -2.16. The monoisotopic (exact) mass is 156 g/mol. The van der Waals surface area contributed by atoms with Crippen molar-refractivity contribution in [1.29, 1.82) is 0 Å². The quantitative estimate of drug-likeness (QED) is 0.540. The third-order valence-electron chi connectivity index (χ3n) is 1.80. The average Bonchev–Trinajstić information content (AvgIpc) is 2.05. The van der Waals surface area contributed by atoms with Crippen molar-refractivity contribution in [2.45, 2.75) is 12.8 Å². The summed E-state index contributed by atoms with van der Waals surface area (Å²) in [5.74, 6) is 0.388. The molecule has 0 bridgehead atoms. The third kappa shape index (κ3) is 1.93. The van der Waals surface area contributed by atoms with E-state index < -0.39 is 0 Å². The van der Waals surface area contributed by atoms with Crippen LogP contribution in [0, 0.1) is 5.92 Å². The lowest BCUT2D eigenvalue weighted by Crippen LogP contribution is -2.27. The molecule has 0 aliphatic carbocycles. The summed E-state index contributed by atoms with van der Waals surface area (Å²) >= 11 is 0. The van der Waals surface area contributed by atoms with Gasteiger partial charge in [-0.1, -0.05) is 0 Å². The van der Waals surface area contributed by atoms with Gasteiger partial charge in [0.2, 0.25) is 0 Å². The second-order valence-electron chi connectivity index (χ2n) is 2.59. The van der Waals surface area contributed by atoms with Crippen molar-refractivity contribution in [3.63, 3.8) is 0 Å². The number of carbonyl (C=O) groups excluding carboxylic acids is 1. The molecule has 0 fully saturated rings. The molecule has 1 aliphatic rings.